The van der Waals surface area contributed by atoms with E-state index in [1.165, 1.54) is 0 Å². The first-order valence-electron chi connectivity index (χ1n) is 11.6. The predicted octanol–water partition coefficient (Wildman–Crippen LogP) is 4.34. The van der Waals surface area contributed by atoms with Crippen LogP contribution in [0.3, 0.4) is 0 Å². The molecule has 2 heterocycles. The maximum atomic E-state index is 12.3. The van der Waals surface area contributed by atoms with E-state index in [4.69, 9.17) is 9.47 Å². The molecule has 4 rings (SSSR count). The molecule has 2 saturated heterocycles. The van der Waals surface area contributed by atoms with Gasteiger partial charge < -0.3 is 19.3 Å². The van der Waals surface area contributed by atoms with E-state index in [2.05, 4.69) is 17.0 Å². The van der Waals surface area contributed by atoms with E-state index in [0.29, 0.717) is 19.5 Å². The molecule has 0 saturated carbocycles. The number of rotatable bonds is 8. The summed E-state index contributed by atoms with van der Waals surface area (Å²) in [5.41, 5.74) is 1.64. The van der Waals surface area contributed by atoms with E-state index >= 15 is 0 Å². The van der Waals surface area contributed by atoms with Gasteiger partial charge in [-0.1, -0.05) is 67.6 Å². The second-order valence-electron chi connectivity index (χ2n) is 8.69. The van der Waals surface area contributed by atoms with Crippen molar-refractivity contribution in [2.24, 2.45) is 0 Å². The van der Waals surface area contributed by atoms with Crippen LogP contribution in [0, 0.1) is 0 Å². The van der Waals surface area contributed by atoms with Crippen LogP contribution in [-0.4, -0.2) is 54.1 Å². The predicted molar refractivity (Wildman–Crippen MR) is 122 cm³/mol. The number of nitrogens with zero attached hydrogens (tertiary/aromatic N) is 2. The van der Waals surface area contributed by atoms with Gasteiger partial charge >= 0.3 is 12.1 Å². The molecule has 6 heteroatoms. The van der Waals surface area contributed by atoms with Crippen LogP contribution in [0.2, 0.25) is 0 Å². The van der Waals surface area contributed by atoms with Gasteiger partial charge in [0.05, 0.1) is 6.54 Å². The van der Waals surface area contributed by atoms with E-state index in [0.717, 1.165) is 50.0 Å². The van der Waals surface area contributed by atoms with Gasteiger partial charge in [-0.3, -0.25) is 4.79 Å². The van der Waals surface area contributed by atoms with Crippen molar-refractivity contribution in [2.45, 2.75) is 50.9 Å². The fourth-order valence-electron chi connectivity index (χ4n) is 4.60. The number of carbonyl (C=O) groups excluding carboxylic acids is 2. The quantitative estimate of drug-likeness (QED) is 0.576. The molecule has 1 amide bonds. The molecule has 170 valence electrons. The van der Waals surface area contributed by atoms with Crippen molar-refractivity contribution in [3.05, 3.63) is 71.8 Å². The molecule has 0 unspecified atom stereocenters. The zero-order valence-electron chi connectivity index (χ0n) is 18.7. The Bertz CT molecular complexity index is 895. The Kier molecular flexibility index (Phi) is 7.10. The minimum atomic E-state index is -0.544. The van der Waals surface area contributed by atoms with E-state index in [1.807, 2.05) is 55.5 Å². The molecule has 6 nitrogen and oxygen atoms in total. The van der Waals surface area contributed by atoms with Crippen LogP contribution < -0.4 is 0 Å². The number of amides is 1. The number of esters is 1. The summed E-state index contributed by atoms with van der Waals surface area (Å²) < 4.78 is 11.6. The number of benzene rings is 2. The molecule has 2 aliphatic heterocycles. The van der Waals surface area contributed by atoms with E-state index in [1.54, 1.807) is 4.90 Å². The van der Waals surface area contributed by atoms with E-state index in [9.17, 15) is 9.59 Å². The molecule has 1 atom stereocenters. The molecule has 0 spiro atoms. The number of hydrogen-bond acceptors (Lipinski definition) is 5. The molecule has 2 fully saturated rings. The number of ether oxygens (including phenoxy) is 2. The molecule has 32 heavy (non-hydrogen) atoms. The van der Waals surface area contributed by atoms with Gasteiger partial charge in [-0.25, -0.2) is 4.79 Å². The van der Waals surface area contributed by atoms with Crippen molar-refractivity contribution >= 4 is 12.1 Å². The fourth-order valence-corrected chi connectivity index (χ4v) is 4.60. The number of likely N-dealkylation sites (tertiary alicyclic amines) is 1. The number of piperidine rings is 1. The highest BCUT2D eigenvalue weighted by atomic mass is 16.6. The van der Waals surface area contributed by atoms with Crippen LogP contribution in [0.5, 0.6) is 0 Å². The number of carbonyl (C=O) groups is 2. The molecule has 0 radical (unpaired) electrons. The lowest BCUT2D eigenvalue weighted by atomic mass is 9.84. The van der Waals surface area contributed by atoms with Crippen LogP contribution in [0.4, 0.5) is 4.79 Å². The zero-order chi connectivity index (χ0) is 22.4. The van der Waals surface area contributed by atoms with Gasteiger partial charge in [-0.15, -0.1) is 0 Å². The van der Waals surface area contributed by atoms with Gasteiger partial charge in [0, 0.05) is 45.4 Å². The molecule has 2 aliphatic rings. The first-order valence-corrected chi connectivity index (χ1v) is 11.6. The third-order valence-electron chi connectivity index (χ3n) is 6.49. The topological polar surface area (TPSA) is 59.1 Å². The summed E-state index contributed by atoms with van der Waals surface area (Å²) in [6.07, 6.45) is 2.42. The summed E-state index contributed by atoms with van der Waals surface area (Å²) in [5, 5.41) is 0. The minimum absolute atomic E-state index is 0.0788. The van der Waals surface area contributed by atoms with Gasteiger partial charge in [0.25, 0.3) is 0 Å². The van der Waals surface area contributed by atoms with Crippen molar-refractivity contribution in [2.75, 3.05) is 26.2 Å². The summed E-state index contributed by atoms with van der Waals surface area (Å²) in [6, 6.07) is 20.1. The number of hydrogen-bond donors (Lipinski definition) is 0. The lowest BCUT2D eigenvalue weighted by Gasteiger charge is -2.41. The van der Waals surface area contributed by atoms with E-state index < -0.39 is 5.60 Å². The van der Waals surface area contributed by atoms with Crippen molar-refractivity contribution < 1.29 is 19.1 Å². The highest BCUT2D eigenvalue weighted by Crippen LogP contribution is 2.37. The molecular weight excluding hydrogens is 404 g/mol. The molecule has 0 N–H and O–H groups in total. The first kappa shape index (κ1) is 22.3. The summed E-state index contributed by atoms with van der Waals surface area (Å²) in [7, 11) is 0. The van der Waals surface area contributed by atoms with Gasteiger partial charge in [-0.2, -0.15) is 0 Å². The fraction of sp³-hybridized carbons (Fsp3) is 0.462. The van der Waals surface area contributed by atoms with Crippen LogP contribution in [-0.2, 0) is 26.4 Å². The maximum absolute atomic E-state index is 12.3. The van der Waals surface area contributed by atoms with Crippen LogP contribution in [0.1, 0.15) is 43.7 Å². The molecule has 0 aliphatic carbocycles. The van der Waals surface area contributed by atoms with Gasteiger partial charge in [0.15, 0.2) is 0 Å². The lowest BCUT2D eigenvalue weighted by molar-refractivity contribution is -0.166. The van der Waals surface area contributed by atoms with Crippen molar-refractivity contribution in [1.29, 1.82) is 0 Å². The Balaban J connectivity index is 1.29. The standard InChI is InChI=1S/C26H32N2O4/c1-2-24(29)32-26(22-11-7-4-8-12-22)14-17-27(18-15-26)16-13-23-20-28(25(30)31-23)19-21-9-5-3-6-10-21/h3-12,23H,2,13-20H2,1H3/t23-/m0/s1. The largest absolute Gasteiger partial charge is 0.454 e. The SMILES string of the molecule is CCC(=O)OC1(c2ccccc2)CCN(CC[C@H]2CN(Cc3ccccc3)C(=O)O2)CC1. The Morgan fingerprint density at radius 1 is 1.06 bits per heavy atom. The summed E-state index contributed by atoms with van der Waals surface area (Å²) >= 11 is 0. The Hall–Kier alpha value is -2.86. The maximum Gasteiger partial charge on any atom is 0.410 e. The Morgan fingerprint density at radius 3 is 2.38 bits per heavy atom. The molecule has 2 aromatic carbocycles. The van der Waals surface area contributed by atoms with E-state index in [-0.39, 0.29) is 18.2 Å². The van der Waals surface area contributed by atoms with Crippen LogP contribution in [0.25, 0.3) is 0 Å². The second-order valence-corrected chi connectivity index (χ2v) is 8.69. The van der Waals surface area contributed by atoms with Crippen LogP contribution in [0.15, 0.2) is 60.7 Å². The third kappa shape index (κ3) is 5.30. The van der Waals surface area contributed by atoms with Gasteiger partial charge in [0.1, 0.15) is 11.7 Å². The second kappa shape index (κ2) is 10.2. The summed E-state index contributed by atoms with van der Waals surface area (Å²) in [6.45, 7) is 5.61. The normalized spacial score (nSPS) is 20.7. The molecular formula is C26H32N2O4. The minimum Gasteiger partial charge on any atom is -0.454 e. The Labute approximate surface area is 190 Å². The lowest BCUT2D eigenvalue weighted by Crippen LogP contribution is -2.46. The van der Waals surface area contributed by atoms with Gasteiger partial charge in [0.2, 0.25) is 0 Å². The monoisotopic (exact) mass is 436 g/mol. The van der Waals surface area contributed by atoms with Crippen molar-refractivity contribution in [1.82, 2.24) is 9.80 Å². The average molecular weight is 437 g/mol. The van der Waals surface area contributed by atoms with Crippen LogP contribution >= 0.6 is 0 Å². The third-order valence-corrected chi connectivity index (χ3v) is 6.49. The average Bonchev–Trinajstić information content (AvgIpc) is 3.18. The number of cyclic esters (lactones) is 1. The summed E-state index contributed by atoms with van der Waals surface area (Å²) in [4.78, 5) is 28.6. The highest BCUT2D eigenvalue weighted by molar-refractivity contribution is 5.70. The molecule has 2 aromatic rings. The zero-order valence-corrected chi connectivity index (χ0v) is 18.7. The molecule has 0 bridgehead atoms. The Morgan fingerprint density at radius 2 is 1.72 bits per heavy atom. The molecule has 0 aromatic heterocycles. The van der Waals surface area contributed by atoms with Gasteiger partial charge in [-0.05, 0) is 17.5 Å². The first-order chi connectivity index (χ1) is 15.6. The summed E-state index contributed by atoms with van der Waals surface area (Å²) in [5.74, 6) is -0.154. The van der Waals surface area contributed by atoms with Crippen molar-refractivity contribution in [3.63, 3.8) is 0 Å². The van der Waals surface area contributed by atoms with Crippen molar-refractivity contribution in [3.8, 4) is 0 Å². The smallest absolute Gasteiger partial charge is 0.410 e. The highest BCUT2D eigenvalue weighted by Gasteiger charge is 2.40.